The van der Waals surface area contributed by atoms with Crippen molar-refractivity contribution < 1.29 is 15.1 Å². The van der Waals surface area contributed by atoms with E-state index in [1.807, 2.05) is 48.5 Å². The Hall–Kier alpha value is -3.12. The number of fused-ring (bicyclic) bond motifs is 2. The molecule has 0 unspecified atom stereocenters. The van der Waals surface area contributed by atoms with E-state index in [2.05, 4.69) is 15.1 Å². The van der Waals surface area contributed by atoms with Gasteiger partial charge in [0, 0.05) is 23.1 Å². The number of hydrogen-bond acceptors (Lipinski definition) is 5. The lowest BCUT2D eigenvalue weighted by molar-refractivity contribution is 0.135. The molecule has 1 aliphatic heterocycles. The van der Waals surface area contributed by atoms with Gasteiger partial charge in [0.05, 0.1) is 11.3 Å². The van der Waals surface area contributed by atoms with Crippen LogP contribution in [-0.4, -0.2) is 39.8 Å². The summed E-state index contributed by atoms with van der Waals surface area (Å²) in [6.45, 7) is 0.554. The smallest absolute Gasteiger partial charge is 0.199 e. The number of aliphatic imine (C=N–C) groups is 1. The van der Waals surface area contributed by atoms with Gasteiger partial charge in [0.25, 0.3) is 0 Å². The molecule has 0 amide bonds. The zero-order valence-electron chi connectivity index (χ0n) is 14.1. The van der Waals surface area contributed by atoms with E-state index in [9.17, 15) is 5.11 Å². The van der Waals surface area contributed by atoms with E-state index in [1.54, 1.807) is 0 Å². The number of aromatic amines is 1. The number of hydrogen-bond donors (Lipinski definition) is 3. The van der Waals surface area contributed by atoms with Crippen molar-refractivity contribution in [1.29, 1.82) is 0 Å². The first-order valence-electron chi connectivity index (χ1n) is 8.59. The minimum absolute atomic E-state index is 0.0609. The number of aliphatic hydroxyl groups excluding tert-OH is 1. The van der Waals surface area contributed by atoms with E-state index in [0.717, 1.165) is 28.6 Å². The van der Waals surface area contributed by atoms with Gasteiger partial charge in [-0.3, -0.25) is 0 Å². The van der Waals surface area contributed by atoms with Crippen molar-refractivity contribution in [3.05, 3.63) is 59.7 Å². The fraction of sp³-hybridized carbons (Fsp3) is 0.200. The number of H-pyrrole nitrogens is 1. The molecular formula is C20H19N3O3. The summed E-state index contributed by atoms with van der Waals surface area (Å²) in [5, 5.41) is 24.5. The molecule has 0 bridgehead atoms. The quantitative estimate of drug-likeness (QED) is 0.470. The third-order valence-corrected chi connectivity index (χ3v) is 4.34. The fourth-order valence-corrected chi connectivity index (χ4v) is 3.10. The van der Waals surface area contributed by atoms with Crippen molar-refractivity contribution in [1.82, 2.24) is 4.98 Å². The highest BCUT2D eigenvalue weighted by Crippen LogP contribution is 2.35. The SMILES string of the molecule is OCCCCO/N=C1/C(c2c(O)[nH]c3ccccc23)=Nc2ccccc21. The summed E-state index contributed by atoms with van der Waals surface area (Å²) < 4.78 is 0. The normalized spacial score (nSPS) is 14.7. The van der Waals surface area contributed by atoms with Gasteiger partial charge in [-0.15, -0.1) is 0 Å². The lowest BCUT2D eigenvalue weighted by atomic mass is 10.0. The van der Waals surface area contributed by atoms with Gasteiger partial charge in [0.1, 0.15) is 18.0 Å². The molecule has 132 valence electrons. The third kappa shape index (κ3) is 2.84. The molecule has 0 atom stereocenters. The highest BCUT2D eigenvalue weighted by atomic mass is 16.6. The maximum atomic E-state index is 10.5. The largest absolute Gasteiger partial charge is 0.494 e. The van der Waals surface area contributed by atoms with Gasteiger partial charge in [-0.05, 0) is 25.0 Å². The predicted molar refractivity (Wildman–Crippen MR) is 101 cm³/mol. The van der Waals surface area contributed by atoms with Crippen LogP contribution in [0.15, 0.2) is 58.7 Å². The second kappa shape index (κ2) is 7.01. The van der Waals surface area contributed by atoms with Crippen LogP contribution in [0.1, 0.15) is 24.0 Å². The van der Waals surface area contributed by atoms with E-state index < -0.39 is 0 Å². The van der Waals surface area contributed by atoms with Crippen LogP contribution < -0.4 is 0 Å². The summed E-state index contributed by atoms with van der Waals surface area (Å²) in [5.74, 6) is 0.0609. The Morgan fingerprint density at radius 2 is 1.85 bits per heavy atom. The maximum Gasteiger partial charge on any atom is 0.199 e. The maximum absolute atomic E-state index is 10.5. The minimum Gasteiger partial charge on any atom is -0.494 e. The van der Waals surface area contributed by atoms with Crippen LogP contribution in [0.4, 0.5) is 5.69 Å². The van der Waals surface area contributed by atoms with Crippen LogP contribution in [-0.2, 0) is 4.84 Å². The molecule has 1 aliphatic rings. The van der Waals surface area contributed by atoms with Gasteiger partial charge in [-0.1, -0.05) is 41.6 Å². The number of aliphatic hydroxyl groups is 1. The summed E-state index contributed by atoms with van der Waals surface area (Å²) in [4.78, 5) is 13.1. The number of para-hydroxylation sites is 2. The van der Waals surface area contributed by atoms with Crippen LogP contribution in [0.3, 0.4) is 0 Å². The summed E-state index contributed by atoms with van der Waals surface area (Å²) in [6.07, 6.45) is 1.39. The number of nitrogens with one attached hydrogen (secondary N) is 1. The van der Waals surface area contributed by atoms with Crippen LogP contribution in [0.25, 0.3) is 10.9 Å². The van der Waals surface area contributed by atoms with E-state index in [1.165, 1.54) is 0 Å². The Morgan fingerprint density at radius 1 is 1.04 bits per heavy atom. The monoisotopic (exact) mass is 349 g/mol. The Kier molecular flexibility index (Phi) is 4.41. The molecule has 0 spiro atoms. The Morgan fingerprint density at radius 3 is 2.73 bits per heavy atom. The molecule has 0 saturated heterocycles. The standard InChI is InChI=1S/C20H19N3O3/c24-11-5-6-12-26-23-18-14-8-2-4-10-16(14)21-19(18)17-13-7-1-3-9-15(13)22-20(17)25/h1-4,7-10,22,24-25H,5-6,11-12H2/b23-18+. The molecule has 0 aliphatic carbocycles. The zero-order valence-corrected chi connectivity index (χ0v) is 14.1. The molecule has 26 heavy (non-hydrogen) atoms. The average molecular weight is 349 g/mol. The topological polar surface area (TPSA) is 90.2 Å². The van der Waals surface area contributed by atoms with Crippen LogP contribution in [0, 0.1) is 0 Å². The summed E-state index contributed by atoms with van der Waals surface area (Å²) >= 11 is 0. The molecule has 3 aromatic rings. The van der Waals surface area contributed by atoms with E-state index in [0.29, 0.717) is 30.0 Å². The van der Waals surface area contributed by atoms with Crippen molar-refractivity contribution in [3.8, 4) is 5.88 Å². The van der Waals surface area contributed by atoms with Crippen molar-refractivity contribution in [3.63, 3.8) is 0 Å². The van der Waals surface area contributed by atoms with Crippen LogP contribution in [0.5, 0.6) is 5.88 Å². The van der Waals surface area contributed by atoms with Crippen molar-refractivity contribution in [2.24, 2.45) is 10.1 Å². The molecule has 3 N–H and O–H groups in total. The molecule has 2 aromatic carbocycles. The molecule has 4 rings (SSSR count). The molecular weight excluding hydrogens is 330 g/mol. The third-order valence-electron chi connectivity index (χ3n) is 4.34. The van der Waals surface area contributed by atoms with E-state index in [-0.39, 0.29) is 12.5 Å². The number of unbranched alkanes of at least 4 members (excludes halogenated alkanes) is 1. The summed E-state index contributed by atoms with van der Waals surface area (Å²) in [6, 6.07) is 15.4. The van der Waals surface area contributed by atoms with Gasteiger partial charge in [-0.25, -0.2) is 4.99 Å². The average Bonchev–Trinajstić information content (AvgIpc) is 3.18. The van der Waals surface area contributed by atoms with Crippen LogP contribution >= 0.6 is 0 Å². The molecule has 0 radical (unpaired) electrons. The molecule has 0 saturated carbocycles. The summed E-state index contributed by atoms with van der Waals surface area (Å²) in [5.41, 5.74) is 4.31. The number of nitrogens with zero attached hydrogens (tertiary/aromatic N) is 2. The summed E-state index contributed by atoms with van der Waals surface area (Å²) in [7, 11) is 0. The van der Waals surface area contributed by atoms with Gasteiger partial charge < -0.3 is 20.0 Å². The van der Waals surface area contributed by atoms with Gasteiger partial charge in [0.2, 0.25) is 0 Å². The van der Waals surface area contributed by atoms with Gasteiger partial charge in [-0.2, -0.15) is 0 Å². The number of benzene rings is 2. The minimum atomic E-state index is 0.0609. The number of oxime groups is 1. The molecule has 0 fully saturated rings. The molecule has 2 heterocycles. The molecule has 6 heteroatoms. The van der Waals surface area contributed by atoms with Crippen LogP contribution in [0.2, 0.25) is 0 Å². The Balaban J connectivity index is 1.76. The van der Waals surface area contributed by atoms with Crippen molar-refractivity contribution in [2.45, 2.75) is 12.8 Å². The number of rotatable bonds is 6. The lowest BCUT2D eigenvalue weighted by Gasteiger charge is -2.05. The van der Waals surface area contributed by atoms with Gasteiger partial charge >= 0.3 is 0 Å². The lowest BCUT2D eigenvalue weighted by Crippen LogP contribution is -2.13. The van der Waals surface area contributed by atoms with Crippen molar-refractivity contribution >= 4 is 28.0 Å². The van der Waals surface area contributed by atoms with E-state index in [4.69, 9.17) is 9.94 Å². The number of aromatic hydroxyl groups is 1. The van der Waals surface area contributed by atoms with Crippen molar-refractivity contribution in [2.75, 3.05) is 13.2 Å². The highest BCUT2D eigenvalue weighted by Gasteiger charge is 2.29. The second-order valence-electron chi connectivity index (χ2n) is 6.08. The Bertz CT molecular complexity index is 1000. The van der Waals surface area contributed by atoms with E-state index >= 15 is 0 Å². The fourth-order valence-electron chi connectivity index (χ4n) is 3.10. The predicted octanol–water partition coefficient (Wildman–Crippen LogP) is 3.50. The second-order valence-corrected chi connectivity index (χ2v) is 6.08. The first-order valence-corrected chi connectivity index (χ1v) is 8.59. The zero-order chi connectivity index (χ0) is 17.9. The molecule has 1 aromatic heterocycles. The number of aromatic nitrogens is 1. The molecule has 6 nitrogen and oxygen atoms in total. The highest BCUT2D eigenvalue weighted by molar-refractivity contribution is 6.58. The Labute approximate surface area is 150 Å². The first kappa shape index (κ1) is 16.4. The first-order chi connectivity index (χ1) is 12.8. The van der Waals surface area contributed by atoms with Gasteiger partial charge in [0.15, 0.2) is 5.88 Å².